The molecule has 0 saturated carbocycles. The number of nitrogens with zero attached hydrogens (tertiary/aromatic N) is 1. The van der Waals surface area contributed by atoms with Gasteiger partial charge in [0.1, 0.15) is 0 Å². The van der Waals surface area contributed by atoms with Crippen molar-refractivity contribution in [2.45, 2.75) is 59.4 Å². The molecule has 0 aromatic rings. The maximum absolute atomic E-state index is 11.4. The number of hydrogen-bond donors (Lipinski definition) is 1. The summed E-state index contributed by atoms with van der Waals surface area (Å²) in [7, 11) is 0. The second-order valence-corrected chi connectivity index (χ2v) is 4.52. The summed E-state index contributed by atoms with van der Waals surface area (Å²) in [6, 6.07) is -0.216. The molecule has 0 aromatic heterocycles. The second kappa shape index (κ2) is 7.66. The molecule has 0 aliphatic carbocycles. The van der Waals surface area contributed by atoms with E-state index < -0.39 is 5.97 Å². The van der Waals surface area contributed by atoms with E-state index in [1.807, 2.05) is 0 Å². The average molecular weight is 230 g/mol. The van der Waals surface area contributed by atoms with Crippen LogP contribution in [0.25, 0.3) is 0 Å². The Kier molecular flexibility index (Phi) is 7.39. The topological polar surface area (TPSA) is 37.3 Å². The maximum Gasteiger partial charge on any atom is 0.362 e. The number of likely N-dealkylation sites (N-methyl/N-ethyl adjacent to an activating group) is 1. The number of carboxylic acid groups (broad SMARTS) is 1. The molecule has 0 bridgehead atoms. The predicted molar refractivity (Wildman–Crippen MR) is 67.4 cm³/mol. The molecule has 0 rings (SSSR count). The van der Waals surface area contributed by atoms with Crippen molar-refractivity contribution in [3.05, 3.63) is 0 Å². The lowest BCUT2D eigenvalue weighted by atomic mass is 10.0. The van der Waals surface area contributed by atoms with E-state index in [9.17, 15) is 9.90 Å². The lowest BCUT2D eigenvalue weighted by Crippen LogP contribution is -2.58. The van der Waals surface area contributed by atoms with Crippen molar-refractivity contribution < 1.29 is 14.4 Å². The zero-order valence-corrected chi connectivity index (χ0v) is 11.3. The van der Waals surface area contributed by atoms with Crippen LogP contribution in [0.5, 0.6) is 0 Å². The van der Waals surface area contributed by atoms with E-state index in [4.69, 9.17) is 0 Å². The molecule has 3 heteroatoms. The number of hydrogen-bond acceptors (Lipinski definition) is 1. The molecule has 96 valence electrons. The van der Waals surface area contributed by atoms with Crippen molar-refractivity contribution in [1.82, 2.24) is 0 Å². The van der Waals surface area contributed by atoms with Crippen LogP contribution in [0.1, 0.15) is 53.4 Å². The van der Waals surface area contributed by atoms with E-state index in [0.29, 0.717) is 0 Å². The molecule has 1 unspecified atom stereocenters. The van der Waals surface area contributed by atoms with Gasteiger partial charge in [-0.25, -0.2) is 4.79 Å². The van der Waals surface area contributed by atoms with Crippen molar-refractivity contribution >= 4 is 5.97 Å². The molecular weight excluding hydrogens is 202 g/mol. The minimum atomic E-state index is -0.623. The van der Waals surface area contributed by atoms with Crippen molar-refractivity contribution in [1.29, 1.82) is 0 Å². The van der Waals surface area contributed by atoms with Crippen LogP contribution in [0, 0.1) is 0 Å². The first-order chi connectivity index (χ1) is 7.57. The summed E-state index contributed by atoms with van der Waals surface area (Å²) >= 11 is 0. The molecule has 0 aliphatic heterocycles. The third-order valence-corrected chi connectivity index (χ3v) is 3.92. The molecular formula is C13H28NO2+. The van der Waals surface area contributed by atoms with E-state index in [1.165, 1.54) is 0 Å². The Labute approximate surface area is 100 Å². The van der Waals surface area contributed by atoms with Gasteiger partial charge in [0.15, 0.2) is 6.04 Å². The standard InChI is InChI=1S/C13H27NO2/c1-5-9-10-11-12(13(15)16)14(6-2,7-3)8-4/h12H,5-11H2,1-4H3/p+1. The first kappa shape index (κ1) is 15.4. The molecule has 1 atom stereocenters. The fourth-order valence-electron chi connectivity index (χ4n) is 2.55. The molecule has 0 saturated heterocycles. The van der Waals surface area contributed by atoms with Gasteiger partial charge in [0.2, 0.25) is 0 Å². The first-order valence-corrected chi connectivity index (χ1v) is 6.66. The Bertz CT molecular complexity index is 192. The predicted octanol–water partition coefficient (Wildman–Crippen LogP) is 2.90. The zero-order valence-electron chi connectivity index (χ0n) is 11.3. The van der Waals surface area contributed by atoms with Crippen LogP contribution in [-0.4, -0.2) is 41.2 Å². The monoisotopic (exact) mass is 230 g/mol. The fourth-order valence-corrected chi connectivity index (χ4v) is 2.55. The molecule has 1 N–H and O–H groups in total. The smallest absolute Gasteiger partial charge is 0.362 e. The number of unbranched alkanes of at least 4 members (excludes halogenated alkanes) is 2. The summed E-state index contributed by atoms with van der Waals surface area (Å²) in [5.41, 5.74) is 0. The third kappa shape index (κ3) is 3.78. The lowest BCUT2D eigenvalue weighted by molar-refractivity contribution is -0.939. The van der Waals surface area contributed by atoms with Gasteiger partial charge in [-0.05, 0) is 27.2 Å². The van der Waals surface area contributed by atoms with Crippen LogP contribution in [0.4, 0.5) is 0 Å². The second-order valence-electron chi connectivity index (χ2n) is 4.52. The summed E-state index contributed by atoms with van der Waals surface area (Å²) in [5, 5.41) is 9.39. The van der Waals surface area contributed by atoms with Crippen LogP contribution < -0.4 is 0 Å². The number of aliphatic carboxylic acids is 1. The van der Waals surface area contributed by atoms with E-state index in [-0.39, 0.29) is 6.04 Å². The van der Waals surface area contributed by atoms with Crippen molar-refractivity contribution in [3.63, 3.8) is 0 Å². The highest BCUT2D eigenvalue weighted by molar-refractivity contribution is 5.72. The van der Waals surface area contributed by atoms with Crippen LogP contribution in [0.3, 0.4) is 0 Å². The van der Waals surface area contributed by atoms with Gasteiger partial charge >= 0.3 is 5.97 Å². The minimum Gasteiger partial charge on any atom is -0.477 e. The zero-order chi connectivity index (χ0) is 12.6. The third-order valence-electron chi connectivity index (χ3n) is 3.92. The van der Waals surface area contributed by atoms with Crippen LogP contribution in [0.15, 0.2) is 0 Å². The van der Waals surface area contributed by atoms with Gasteiger partial charge < -0.3 is 9.59 Å². The van der Waals surface area contributed by atoms with Gasteiger partial charge in [-0.3, -0.25) is 0 Å². The number of carboxylic acids is 1. The van der Waals surface area contributed by atoms with E-state index in [2.05, 4.69) is 27.7 Å². The Hall–Kier alpha value is -0.570. The van der Waals surface area contributed by atoms with E-state index >= 15 is 0 Å². The molecule has 0 amide bonds. The summed E-state index contributed by atoms with van der Waals surface area (Å²) in [6.45, 7) is 11.2. The molecule has 3 nitrogen and oxygen atoms in total. The van der Waals surface area contributed by atoms with Gasteiger partial charge in [-0.1, -0.05) is 19.8 Å². The highest BCUT2D eigenvalue weighted by atomic mass is 16.4. The number of rotatable bonds is 9. The van der Waals surface area contributed by atoms with Gasteiger partial charge in [-0.15, -0.1) is 0 Å². The van der Waals surface area contributed by atoms with E-state index in [1.54, 1.807) is 0 Å². The summed E-state index contributed by atoms with van der Waals surface area (Å²) in [6.07, 6.45) is 4.14. The Balaban J connectivity index is 4.65. The van der Waals surface area contributed by atoms with Crippen LogP contribution in [-0.2, 0) is 4.79 Å². The molecule has 16 heavy (non-hydrogen) atoms. The molecule has 0 aliphatic rings. The fraction of sp³-hybridized carbons (Fsp3) is 0.923. The molecule has 0 spiro atoms. The average Bonchev–Trinajstić information content (AvgIpc) is 2.29. The largest absolute Gasteiger partial charge is 0.477 e. The van der Waals surface area contributed by atoms with Gasteiger partial charge in [0, 0.05) is 6.42 Å². The lowest BCUT2D eigenvalue weighted by Gasteiger charge is -2.40. The van der Waals surface area contributed by atoms with Gasteiger partial charge in [0.25, 0.3) is 0 Å². The van der Waals surface area contributed by atoms with Crippen molar-refractivity contribution in [3.8, 4) is 0 Å². The SMILES string of the molecule is CCCCCC(C(=O)O)[N+](CC)(CC)CC. The Morgan fingerprint density at radius 2 is 1.56 bits per heavy atom. The highest BCUT2D eigenvalue weighted by Crippen LogP contribution is 2.19. The molecule has 0 aromatic carbocycles. The maximum atomic E-state index is 11.4. The Morgan fingerprint density at radius 1 is 1.06 bits per heavy atom. The molecule has 0 heterocycles. The quantitative estimate of drug-likeness (QED) is 0.488. The summed E-state index contributed by atoms with van der Waals surface area (Å²) in [4.78, 5) is 11.4. The number of quaternary nitrogens is 1. The minimum absolute atomic E-state index is 0.216. The summed E-state index contributed by atoms with van der Waals surface area (Å²) in [5.74, 6) is -0.623. The number of carbonyl (C=O) groups is 1. The molecule has 0 radical (unpaired) electrons. The van der Waals surface area contributed by atoms with Gasteiger partial charge in [0.05, 0.1) is 19.6 Å². The Morgan fingerprint density at radius 3 is 1.88 bits per heavy atom. The van der Waals surface area contributed by atoms with Crippen LogP contribution >= 0.6 is 0 Å². The van der Waals surface area contributed by atoms with Gasteiger partial charge in [-0.2, -0.15) is 0 Å². The van der Waals surface area contributed by atoms with Crippen molar-refractivity contribution in [2.75, 3.05) is 19.6 Å². The normalized spacial score (nSPS) is 13.8. The highest BCUT2D eigenvalue weighted by Gasteiger charge is 2.37. The molecule has 0 fully saturated rings. The summed E-state index contributed by atoms with van der Waals surface area (Å²) < 4.78 is 0.721. The van der Waals surface area contributed by atoms with Crippen molar-refractivity contribution in [2.24, 2.45) is 0 Å². The first-order valence-electron chi connectivity index (χ1n) is 6.66. The van der Waals surface area contributed by atoms with Crippen LogP contribution in [0.2, 0.25) is 0 Å². The van der Waals surface area contributed by atoms with E-state index in [0.717, 1.165) is 49.8 Å².